The molecule has 1 amide bonds. The van der Waals surface area contributed by atoms with E-state index in [0.29, 0.717) is 43.2 Å². The van der Waals surface area contributed by atoms with Crippen LogP contribution in [-0.2, 0) is 21.3 Å². The fraction of sp³-hybridized carbons (Fsp3) is 0.350. The van der Waals surface area contributed by atoms with Crippen molar-refractivity contribution in [1.82, 2.24) is 9.62 Å². The van der Waals surface area contributed by atoms with E-state index in [-0.39, 0.29) is 17.3 Å². The lowest BCUT2D eigenvalue weighted by Gasteiger charge is -2.27. The third kappa shape index (κ3) is 4.35. The predicted molar refractivity (Wildman–Crippen MR) is 105 cm³/mol. The van der Waals surface area contributed by atoms with Gasteiger partial charge in [0.2, 0.25) is 10.0 Å². The number of nitrogens with one attached hydrogen (secondary N) is 1. The molecule has 1 saturated heterocycles. The van der Waals surface area contributed by atoms with Gasteiger partial charge in [-0.1, -0.05) is 24.3 Å². The third-order valence-corrected chi connectivity index (χ3v) is 6.67. The van der Waals surface area contributed by atoms with Crippen LogP contribution in [-0.4, -0.2) is 52.0 Å². The zero-order chi connectivity index (χ0) is 20.1. The number of hydrogen-bond donors (Lipinski definition) is 1. The number of sulfonamides is 1. The second kappa shape index (κ2) is 8.72. The molecule has 2 aromatic rings. The zero-order valence-corrected chi connectivity index (χ0v) is 16.8. The van der Waals surface area contributed by atoms with Crippen molar-refractivity contribution in [3.05, 3.63) is 59.2 Å². The standard InChI is InChI=1S/C20H24N2O5S/c1-15-7-8-16(13-18(15)26-2)20(23)21-14-17-5-3-4-6-19(17)28(24,25)22-9-11-27-12-10-22/h3-8,13H,9-12,14H2,1-2H3,(H,21,23). The fourth-order valence-electron chi connectivity index (χ4n) is 3.07. The molecule has 1 heterocycles. The van der Waals surface area contributed by atoms with Crippen LogP contribution < -0.4 is 10.1 Å². The van der Waals surface area contributed by atoms with E-state index in [4.69, 9.17) is 9.47 Å². The highest BCUT2D eigenvalue weighted by Gasteiger charge is 2.28. The molecule has 0 bridgehead atoms. The Morgan fingerprint density at radius 3 is 2.61 bits per heavy atom. The van der Waals surface area contributed by atoms with Crippen LogP contribution in [0, 0.1) is 6.92 Å². The van der Waals surface area contributed by atoms with Crippen LogP contribution in [0.4, 0.5) is 0 Å². The maximum atomic E-state index is 13.0. The number of hydrogen-bond acceptors (Lipinski definition) is 5. The van der Waals surface area contributed by atoms with E-state index >= 15 is 0 Å². The Bertz CT molecular complexity index is 953. The summed E-state index contributed by atoms with van der Waals surface area (Å²) in [5.41, 5.74) is 1.93. The summed E-state index contributed by atoms with van der Waals surface area (Å²) in [7, 11) is -2.09. The van der Waals surface area contributed by atoms with Crippen LogP contribution in [0.25, 0.3) is 0 Å². The Balaban J connectivity index is 1.77. The van der Waals surface area contributed by atoms with Gasteiger partial charge in [0.05, 0.1) is 25.2 Å². The summed E-state index contributed by atoms with van der Waals surface area (Å²) in [6.45, 7) is 3.42. The Hall–Kier alpha value is -2.42. The lowest BCUT2D eigenvalue weighted by Crippen LogP contribution is -2.41. The number of nitrogens with zero attached hydrogens (tertiary/aromatic N) is 1. The van der Waals surface area contributed by atoms with Crippen molar-refractivity contribution in [1.29, 1.82) is 0 Å². The second-order valence-electron chi connectivity index (χ2n) is 6.49. The van der Waals surface area contributed by atoms with Gasteiger partial charge in [-0.05, 0) is 36.2 Å². The molecule has 2 aromatic carbocycles. The van der Waals surface area contributed by atoms with Crippen molar-refractivity contribution < 1.29 is 22.7 Å². The molecule has 0 aromatic heterocycles. The van der Waals surface area contributed by atoms with E-state index < -0.39 is 10.0 Å². The molecule has 150 valence electrons. The SMILES string of the molecule is COc1cc(C(=O)NCc2ccccc2S(=O)(=O)N2CCOCC2)ccc1C. The van der Waals surface area contributed by atoms with E-state index in [2.05, 4.69) is 5.32 Å². The number of morpholine rings is 1. The average Bonchev–Trinajstić information content (AvgIpc) is 2.73. The number of aryl methyl sites for hydroxylation is 1. The highest BCUT2D eigenvalue weighted by atomic mass is 32.2. The number of carbonyl (C=O) groups is 1. The Labute approximate surface area is 165 Å². The maximum Gasteiger partial charge on any atom is 0.251 e. The molecule has 7 nitrogen and oxygen atoms in total. The largest absolute Gasteiger partial charge is 0.496 e. The molecule has 0 saturated carbocycles. The number of carbonyl (C=O) groups excluding carboxylic acids is 1. The summed E-state index contributed by atoms with van der Waals surface area (Å²) >= 11 is 0. The summed E-state index contributed by atoms with van der Waals surface area (Å²) in [5, 5.41) is 2.80. The summed E-state index contributed by atoms with van der Waals surface area (Å²) in [5.74, 6) is 0.333. The van der Waals surface area contributed by atoms with Crippen molar-refractivity contribution in [3.8, 4) is 5.75 Å². The first kappa shape index (κ1) is 20.3. The lowest BCUT2D eigenvalue weighted by molar-refractivity contribution is 0.0730. The summed E-state index contributed by atoms with van der Waals surface area (Å²) < 4.78 is 37.9. The first-order chi connectivity index (χ1) is 13.4. The van der Waals surface area contributed by atoms with Crippen LogP contribution in [0.2, 0.25) is 0 Å². The van der Waals surface area contributed by atoms with Gasteiger partial charge in [-0.2, -0.15) is 4.31 Å². The minimum Gasteiger partial charge on any atom is -0.496 e. The molecule has 1 fully saturated rings. The van der Waals surface area contributed by atoms with E-state index in [0.717, 1.165) is 5.56 Å². The first-order valence-electron chi connectivity index (χ1n) is 9.02. The highest BCUT2D eigenvalue weighted by Crippen LogP contribution is 2.22. The molecular formula is C20H24N2O5S. The van der Waals surface area contributed by atoms with E-state index in [1.807, 2.05) is 13.0 Å². The van der Waals surface area contributed by atoms with Gasteiger partial charge in [0, 0.05) is 25.2 Å². The minimum absolute atomic E-state index is 0.106. The van der Waals surface area contributed by atoms with Crippen molar-refractivity contribution in [2.45, 2.75) is 18.4 Å². The minimum atomic E-state index is -3.64. The quantitative estimate of drug-likeness (QED) is 0.796. The average molecular weight is 404 g/mol. The first-order valence-corrected chi connectivity index (χ1v) is 10.5. The monoisotopic (exact) mass is 404 g/mol. The van der Waals surface area contributed by atoms with Crippen LogP contribution >= 0.6 is 0 Å². The van der Waals surface area contributed by atoms with E-state index in [1.165, 1.54) is 4.31 Å². The van der Waals surface area contributed by atoms with E-state index in [1.54, 1.807) is 43.5 Å². The maximum absolute atomic E-state index is 13.0. The highest BCUT2D eigenvalue weighted by molar-refractivity contribution is 7.89. The van der Waals surface area contributed by atoms with Gasteiger partial charge < -0.3 is 14.8 Å². The summed E-state index contributed by atoms with van der Waals surface area (Å²) in [6, 6.07) is 11.9. The molecule has 0 radical (unpaired) electrons. The normalized spacial score (nSPS) is 15.2. The second-order valence-corrected chi connectivity index (χ2v) is 8.40. The number of benzene rings is 2. The molecule has 1 N–H and O–H groups in total. The molecule has 8 heteroatoms. The van der Waals surface area contributed by atoms with Gasteiger partial charge in [-0.25, -0.2) is 8.42 Å². The molecule has 28 heavy (non-hydrogen) atoms. The van der Waals surface area contributed by atoms with Crippen LogP contribution in [0.5, 0.6) is 5.75 Å². The van der Waals surface area contributed by atoms with Gasteiger partial charge in [0.1, 0.15) is 5.75 Å². The lowest BCUT2D eigenvalue weighted by atomic mass is 10.1. The molecule has 0 unspecified atom stereocenters. The third-order valence-electron chi connectivity index (χ3n) is 4.67. The molecule has 3 rings (SSSR count). The van der Waals surface area contributed by atoms with E-state index in [9.17, 15) is 13.2 Å². The molecular weight excluding hydrogens is 380 g/mol. The van der Waals surface area contributed by atoms with Crippen molar-refractivity contribution in [3.63, 3.8) is 0 Å². The van der Waals surface area contributed by atoms with Crippen LogP contribution in [0.3, 0.4) is 0 Å². The van der Waals surface area contributed by atoms with Gasteiger partial charge >= 0.3 is 0 Å². The number of rotatable bonds is 6. The van der Waals surface area contributed by atoms with Crippen molar-refractivity contribution >= 4 is 15.9 Å². The predicted octanol–water partition coefficient (Wildman–Crippen LogP) is 1.95. The van der Waals surface area contributed by atoms with Crippen molar-refractivity contribution in [2.75, 3.05) is 33.4 Å². The smallest absolute Gasteiger partial charge is 0.251 e. The molecule has 0 aliphatic carbocycles. The number of amides is 1. The fourth-order valence-corrected chi connectivity index (χ4v) is 4.70. The summed E-state index contributed by atoms with van der Waals surface area (Å²) in [4.78, 5) is 12.7. The topological polar surface area (TPSA) is 84.9 Å². The molecule has 0 atom stereocenters. The van der Waals surface area contributed by atoms with Gasteiger partial charge in [-0.15, -0.1) is 0 Å². The molecule has 1 aliphatic rings. The van der Waals surface area contributed by atoms with Gasteiger partial charge in [0.15, 0.2) is 0 Å². The van der Waals surface area contributed by atoms with Crippen molar-refractivity contribution in [2.24, 2.45) is 0 Å². The Morgan fingerprint density at radius 2 is 1.89 bits per heavy atom. The summed E-state index contributed by atoms with van der Waals surface area (Å²) in [6.07, 6.45) is 0. The number of methoxy groups -OCH3 is 1. The molecule has 0 spiro atoms. The van der Waals surface area contributed by atoms with Crippen LogP contribution in [0.1, 0.15) is 21.5 Å². The Kier molecular flexibility index (Phi) is 6.33. The zero-order valence-electron chi connectivity index (χ0n) is 16.0. The molecule has 1 aliphatic heterocycles. The van der Waals surface area contributed by atoms with Gasteiger partial charge in [0.25, 0.3) is 5.91 Å². The Morgan fingerprint density at radius 1 is 1.18 bits per heavy atom. The number of ether oxygens (including phenoxy) is 2. The van der Waals surface area contributed by atoms with Gasteiger partial charge in [-0.3, -0.25) is 4.79 Å². The van der Waals surface area contributed by atoms with Crippen LogP contribution in [0.15, 0.2) is 47.4 Å².